The Morgan fingerprint density at radius 3 is 2.37 bits per heavy atom. The van der Waals surface area contributed by atoms with Crippen molar-refractivity contribution < 1.29 is 8.42 Å². The molecule has 0 unspecified atom stereocenters. The minimum absolute atomic E-state index is 0.0710. The molecule has 1 N–H and O–H groups in total. The van der Waals surface area contributed by atoms with E-state index in [-0.39, 0.29) is 6.04 Å². The number of nitrogens with zero attached hydrogens (tertiary/aromatic N) is 2. The van der Waals surface area contributed by atoms with Gasteiger partial charge in [0, 0.05) is 17.7 Å². The molecule has 0 saturated carbocycles. The van der Waals surface area contributed by atoms with E-state index in [0.29, 0.717) is 5.82 Å². The molecule has 19 heavy (non-hydrogen) atoms. The lowest BCUT2D eigenvalue weighted by Crippen LogP contribution is -2.15. The predicted octanol–water partition coefficient (Wildman–Crippen LogP) is 2.50. The van der Waals surface area contributed by atoms with Crippen LogP contribution in [-0.2, 0) is 10.0 Å². The van der Waals surface area contributed by atoms with Crippen LogP contribution in [0, 0.1) is 0 Å². The van der Waals surface area contributed by atoms with Gasteiger partial charge in [-0.05, 0) is 13.8 Å². The third kappa shape index (κ3) is 3.35. The quantitative estimate of drug-likeness (QED) is 0.935. The highest BCUT2D eigenvalue weighted by atomic mass is 32.2. The van der Waals surface area contributed by atoms with Crippen LogP contribution in [0.2, 0.25) is 0 Å². The number of benzene rings is 1. The van der Waals surface area contributed by atoms with Gasteiger partial charge in [-0.2, -0.15) is 5.10 Å². The number of hydrogen-bond acceptors (Lipinski definition) is 3. The maximum Gasteiger partial charge on any atom is 0.230 e. The summed E-state index contributed by atoms with van der Waals surface area (Å²) in [5.41, 5.74) is 1.71. The molecule has 0 amide bonds. The fourth-order valence-corrected chi connectivity index (χ4v) is 2.34. The van der Waals surface area contributed by atoms with Crippen LogP contribution >= 0.6 is 0 Å². The van der Waals surface area contributed by atoms with E-state index in [4.69, 9.17) is 0 Å². The lowest BCUT2D eigenvalue weighted by atomic mass is 10.2. The van der Waals surface area contributed by atoms with E-state index in [1.54, 1.807) is 10.7 Å². The van der Waals surface area contributed by atoms with E-state index < -0.39 is 10.0 Å². The summed E-state index contributed by atoms with van der Waals surface area (Å²) in [5.74, 6) is 0.483. The summed E-state index contributed by atoms with van der Waals surface area (Å²) >= 11 is 0. The van der Waals surface area contributed by atoms with E-state index in [2.05, 4.69) is 9.82 Å². The topological polar surface area (TPSA) is 64.0 Å². The first-order chi connectivity index (χ1) is 8.87. The average Bonchev–Trinajstić information content (AvgIpc) is 2.72. The molecule has 0 bridgehead atoms. The van der Waals surface area contributed by atoms with Crippen LogP contribution in [0.4, 0.5) is 5.82 Å². The Bertz CT molecular complexity index is 660. The number of anilines is 1. The largest absolute Gasteiger partial charge is 0.268 e. The zero-order valence-electron chi connectivity index (χ0n) is 11.2. The lowest BCUT2D eigenvalue weighted by Gasteiger charge is -2.10. The smallest absolute Gasteiger partial charge is 0.230 e. The predicted molar refractivity (Wildman–Crippen MR) is 76.5 cm³/mol. The second-order valence-corrected chi connectivity index (χ2v) is 6.44. The highest BCUT2D eigenvalue weighted by Gasteiger charge is 2.14. The number of nitrogens with one attached hydrogen (secondary N) is 1. The lowest BCUT2D eigenvalue weighted by molar-refractivity contribution is 0.540. The molecule has 1 aromatic carbocycles. The zero-order valence-corrected chi connectivity index (χ0v) is 12.0. The van der Waals surface area contributed by atoms with Gasteiger partial charge in [-0.1, -0.05) is 30.3 Å². The molecule has 0 atom stereocenters. The van der Waals surface area contributed by atoms with Crippen molar-refractivity contribution >= 4 is 15.8 Å². The molecule has 1 aromatic heterocycles. The molecule has 0 aliphatic rings. The molecule has 0 radical (unpaired) electrons. The van der Waals surface area contributed by atoms with Gasteiger partial charge in [0.05, 0.1) is 11.9 Å². The van der Waals surface area contributed by atoms with Crippen LogP contribution in [0.5, 0.6) is 0 Å². The van der Waals surface area contributed by atoms with Gasteiger partial charge in [0.25, 0.3) is 0 Å². The van der Waals surface area contributed by atoms with E-state index in [1.807, 2.05) is 44.2 Å². The van der Waals surface area contributed by atoms with Crippen molar-refractivity contribution in [2.24, 2.45) is 0 Å². The molecule has 2 aromatic rings. The van der Waals surface area contributed by atoms with Gasteiger partial charge in [-0.25, -0.2) is 13.1 Å². The van der Waals surface area contributed by atoms with Crippen LogP contribution in [0.1, 0.15) is 19.9 Å². The van der Waals surface area contributed by atoms with Crippen molar-refractivity contribution in [3.8, 4) is 11.3 Å². The van der Waals surface area contributed by atoms with Gasteiger partial charge in [-0.3, -0.25) is 4.72 Å². The molecule has 0 aliphatic carbocycles. The van der Waals surface area contributed by atoms with Gasteiger partial charge in [-0.15, -0.1) is 0 Å². The fourth-order valence-electron chi connectivity index (χ4n) is 1.80. The third-order valence-corrected chi connectivity index (χ3v) is 3.16. The fraction of sp³-hybridized carbons (Fsp3) is 0.308. The standard InChI is InChI=1S/C13H17N3O2S/c1-10(2)16-13(15-19(3,17)18)9-12(14-16)11-7-5-4-6-8-11/h4-10,15H,1-3H3. The van der Waals surface area contributed by atoms with Crippen molar-refractivity contribution in [3.05, 3.63) is 36.4 Å². The maximum absolute atomic E-state index is 11.4. The molecule has 1 heterocycles. The summed E-state index contributed by atoms with van der Waals surface area (Å²) in [4.78, 5) is 0. The maximum atomic E-state index is 11.4. The normalized spacial score (nSPS) is 11.8. The van der Waals surface area contributed by atoms with Crippen LogP contribution in [-0.4, -0.2) is 24.5 Å². The summed E-state index contributed by atoms with van der Waals surface area (Å²) < 4.78 is 26.9. The summed E-state index contributed by atoms with van der Waals surface area (Å²) in [7, 11) is -3.31. The molecular weight excluding hydrogens is 262 g/mol. The van der Waals surface area contributed by atoms with Crippen LogP contribution in [0.25, 0.3) is 11.3 Å². The second-order valence-electron chi connectivity index (χ2n) is 4.69. The summed E-state index contributed by atoms with van der Waals surface area (Å²) in [5, 5.41) is 4.45. The SMILES string of the molecule is CC(C)n1nc(-c2ccccc2)cc1NS(C)(=O)=O. The van der Waals surface area contributed by atoms with E-state index in [0.717, 1.165) is 17.5 Å². The van der Waals surface area contributed by atoms with E-state index in [9.17, 15) is 8.42 Å². The summed E-state index contributed by atoms with van der Waals surface area (Å²) in [6.07, 6.45) is 1.13. The number of hydrogen-bond donors (Lipinski definition) is 1. The first-order valence-corrected chi connectivity index (χ1v) is 7.89. The first-order valence-electron chi connectivity index (χ1n) is 5.99. The molecule has 0 saturated heterocycles. The molecule has 0 spiro atoms. The average molecular weight is 279 g/mol. The van der Waals surface area contributed by atoms with Gasteiger partial charge in [0.15, 0.2) is 0 Å². The Kier molecular flexibility index (Phi) is 3.61. The van der Waals surface area contributed by atoms with Crippen molar-refractivity contribution in [1.82, 2.24) is 9.78 Å². The molecule has 102 valence electrons. The minimum atomic E-state index is -3.31. The van der Waals surface area contributed by atoms with Gasteiger partial charge >= 0.3 is 0 Å². The molecular formula is C13H17N3O2S. The van der Waals surface area contributed by atoms with Gasteiger partial charge in [0.1, 0.15) is 5.82 Å². The zero-order chi connectivity index (χ0) is 14.0. The number of sulfonamides is 1. The van der Waals surface area contributed by atoms with Crippen LogP contribution in [0.15, 0.2) is 36.4 Å². The monoisotopic (exact) mass is 279 g/mol. The minimum Gasteiger partial charge on any atom is -0.268 e. The summed E-state index contributed by atoms with van der Waals surface area (Å²) in [6, 6.07) is 11.5. The van der Waals surface area contributed by atoms with Crippen molar-refractivity contribution in [2.45, 2.75) is 19.9 Å². The molecule has 2 rings (SSSR count). The molecule has 6 heteroatoms. The van der Waals surface area contributed by atoms with Crippen molar-refractivity contribution in [2.75, 3.05) is 11.0 Å². The van der Waals surface area contributed by atoms with Gasteiger partial charge < -0.3 is 0 Å². The Balaban J connectivity index is 2.47. The Labute approximate surface area is 113 Å². The van der Waals surface area contributed by atoms with Crippen LogP contribution in [0.3, 0.4) is 0 Å². The summed E-state index contributed by atoms with van der Waals surface area (Å²) in [6.45, 7) is 3.91. The van der Waals surface area contributed by atoms with Gasteiger partial charge in [0.2, 0.25) is 10.0 Å². The number of aromatic nitrogens is 2. The van der Waals surface area contributed by atoms with E-state index >= 15 is 0 Å². The molecule has 5 nitrogen and oxygen atoms in total. The Hall–Kier alpha value is -1.82. The molecule has 0 fully saturated rings. The Morgan fingerprint density at radius 1 is 1.21 bits per heavy atom. The van der Waals surface area contributed by atoms with Crippen molar-refractivity contribution in [1.29, 1.82) is 0 Å². The Morgan fingerprint density at radius 2 is 1.84 bits per heavy atom. The highest BCUT2D eigenvalue weighted by Crippen LogP contribution is 2.24. The van der Waals surface area contributed by atoms with Crippen molar-refractivity contribution in [3.63, 3.8) is 0 Å². The third-order valence-electron chi connectivity index (χ3n) is 2.58. The first kappa shape index (κ1) is 13.6. The van der Waals surface area contributed by atoms with Crippen LogP contribution < -0.4 is 4.72 Å². The number of rotatable bonds is 4. The van der Waals surface area contributed by atoms with E-state index in [1.165, 1.54) is 0 Å². The second kappa shape index (κ2) is 5.05. The highest BCUT2D eigenvalue weighted by molar-refractivity contribution is 7.92. The molecule has 0 aliphatic heterocycles.